The first-order chi connectivity index (χ1) is 19.5. The highest BCUT2D eigenvalue weighted by Gasteiger charge is 2.51. The summed E-state index contributed by atoms with van der Waals surface area (Å²) in [6, 6.07) is 8.25. The monoisotopic (exact) mass is 580 g/mol. The summed E-state index contributed by atoms with van der Waals surface area (Å²) in [5, 5.41) is 92.1. The Hall–Kier alpha value is -3.18. The van der Waals surface area contributed by atoms with Gasteiger partial charge in [-0.05, 0) is 25.1 Å². The van der Waals surface area contributed by atoms with Crippen LogP contribution in [0.25, 0.3) is 6.08 Å². The number of aromatic hydroxyl groups is 3. The highest BCUT2D eigenvalue weighted by Crippen LogP contribution is 2.45. The Labute approximate surface area is 233 Å². The number of aliphatic hydroxyl groups excluding tert-OH is 6. The highest BCUT2D eigenvalue weighted by molar-refractivity contribution is 5.69. The number of hydrogen-bond donors (Lipinski definition) is 9. The summed E-state index contributed by atoms with van der Waals surface area (Å²) < 4.78 is 29.1. The second-order valence-electron chi connectivity index (χ2n) is 10.1. The lowest BCUT2D eigenvalue weighted by Gasteiger charge is -2.46. The molecule has 2 aromatic rings. The molecule has 0 aliphatic carbocycles. The largest absolute Gasteiger partial charge is 0.508 e. The van der Waals surface area contributed by atoms with Crippen LogP contribution in [0.2, 0.25) is 0 Å². The van der Waals surface area contributed by atoms with Gasteiger partial charge in [0.05, 0.1) is 18.3 Å². The van der Waals surface area contributed by atoms with Gasteiger partial charge < -0.3 is 69.6 Å². The maximum atomic E-state index is 10.9. The number of ether oxygens (including phenoxy) is 5. The molecule has 5 rings (SSSR count). The van der Waals surface area contributed by atoms with Crippen molar-refractivity contribution in [3.05, 3.63) is 53.3 Å². The topological polar surface area (TPSA) is 228 Å². The Morgan fingerprint density at radius 2 is 1.49 bits per heavy atom. The zero-order valence-electron chi connectivity index (χ0n) is 21.7. The van der Waals surface area contributed by atoms with Gasteiger partial charge in [-0.25, -0.2) is 0 Å². The second kappa shape index (κ2) is 11.6. The molecule has 3 heterocycles. The van der Waals surface area contributed by atoms with E-state index in [2.05, 4.69) is 0 Å². The van der Waals surface area contributed by atoms with Crippen molar-refractivity contribution in [1.29, 1.82) is 0 Å². The van der Waals surface area contributed by atoms with E-state index in [1.807, 2.05) is 0 Å². The first kappa shape index (κ1) is 29.3. The molecule has 9 N–H and O–H groups in total. The third kappa shape index (κ3) is 5.66. The molecule has 2 saturated heterocycles. The molecule has 14 nitrogen and oxygen atoms in total. The Morgan fingerprint density at radius 1 is 0.780 bits per heavy atom. The zero-order valence-corrected chi connectivity index (χ0v) is 21.7. The minimum atomic E-state index is -1.75. The molecule has 2 fully saturated rings. The van der Waals surface area contributed by atoms with Crippen molar-refractivity contribution < 1.29 is 69.6 Å². The van der Waals surface area contributed by atoms with Crippen LogP contribution in [-0.4, -0.2) is 114 Å². The molecule has 1 unspecified atom stereocenters. The van der Waals surface area contributed by atoms with Crippen LogP contribution >= 0.6 is 0 Å². The van der Waals surface area contributed by atoms with Gasteiger partial charge in [0.25, 0.3) is 0 Å². The maximum absolute atomic E-state index is 10.9. The second-order valence-corrected chi connectivity index (χ2v) is 10.1. The molecule has 0 spiro atoms. The molecule has 11 atom stereocenters. The first-order valence-corrected chi connectivity index (χ1v) is 12.9. The summed E-state index contributed by atoms with van der Waals surface area (Å²) in [7, 11) is 0. The highest BCUT2D eigenvalue weighted by atomic mass is 16.8. The van der Waals surface area contributed by atoms with Crippen molar-refractivity contribution in [2.24, 2.45) is 0 Å². The van der Waals surface area contributed by atoms with Gasteiger partial charge in [-0.15, -0.1) is 0 Å². The molecule has 0 bridgehead atoms. The normalized spacial score (nSPS) is 37.0. The number of benzene rings is 2. The number of aliphatic hydroxyl groups is 6. The van der Waals surface area contributed by atoms with Gasteiger partial charge in [0, 0.05) is 17.7 Å². The standard InChI is InChI=1S/C27H32O14/c1-10-19(32)21(34)23(36)26(37-10)41-25-22(35)20(33)18(9-28)40-27(25)39-17-8-14-15(31)6-13(30)7-16(14)38-24(17)11-2-4-12(29)5-3-11/h2-8,10,18-36H,9H2,1H3/t10-,18-,19-,20+,21+,22-,23-,24?,25+,26-,27+/m0/s1. The van der Waals surface area contributed by atoms with E-state index < -0.39 is 74.1 Å². The van der Waals surface area contributed by atoms with Crippen molar-refractivity contribution in [1.82, 2.24) is 0 Å². The Kier molecular flexibility index (Phi) is 8.29. The zero-order chi connectivity index (χ0) is 29.6. The van der Waals surface area contributed by atoms with E-state index in [4.69, 9.17) is 23.7 Å². The predicted octanol–water partition coefficient (Wildman–Crippen LogP) is -1.05. The van der Waals surface area contributed by atoms with Crippen LogP contribution in [0.1, 0.15) is 24.2 Å². The molecular weight excluding hydrogens is 548 g/mol. The molecule has 2 aromatic carbocycles. The van der Waals surface area contributed by atoms with Crippen LogP contribution in [0.3, 0.4) is 0 Å². The van der Waals surface area contributed by atoms with Crippen molar-refractivity contribution in [2.45, 2.75) is 74.4 Å². The van der Waals surface area contributed by atoms with E-state index >= 15 is 0 Å². The number of phenolic OH excluding ortho intramolecular Hbond substituents is 3. The summed E-state index contributed by atoms with van der Waals surface area (Å²) in [6.07, 6.45) is -14.9. The fraction of sp³-hybridized carbons (Fsp3) is 0.481. The number of rotatable bonds is 6. The summed E-state index contributed by atoms with van der Waals surface area (Å²) >= 11 is 0. The summed E-state index contributed by atoms with van der Waals surface area (Å²) in [5.41, 5.74) is 0.601. The van der Waals surface area contributed by atoms with Crippen molar-refractivity contribution in [3.8, 4) is 23.0 Å². The molecule has 41 heavy (non-hydrogen) atoms. The minimum Gasteiger partial charge on any atom is -0.508 e. The maximum Gasteiger partial charge on any atom is 0.229 e. The average molecular weight is 581 g/mol. The van der Waals surface area contributed by atoms with Crippen molar-refractivity contribution in [3.63, 3.8) is 0 Å². The van der Waals surface area contributed by atoms with Gasteiger partial charge in [0.15, 0.2) is 18.5 Å². The smallest absolute Gasteiger partial charge is 0.229 e. The fourth-order valence-corrected chi connectivity index (χ4v) is 4.93. The van der Waals surface area contributed by atoms with Crippen LogP contribution in [0.4, 0.5) is 0 Å². The molecule has 0 aromatic heterocycles. The number of hydrogen-bond acceptors (Lipinski definition) is 14. The van der Waals surface area contributed by atoms with Gasteiger partial charge in [0.2, 0.25) is 6.29 Å². The third-order valence-corrected chi connectivity index (χ3v) is 7.27. The lowest BCUT2D eigenvalue weighted by Crippen LogP contribution is -2.64. The van der Waals surface area contributed by atoms with Gasteiger partial charge >= 0.3 is 0 Å². The molecule has 14 heteroatoms. The Morgan fingerprint density at radius 3 is 2.17 bits per heavy atom. The first-order valence-electron chi connectivity index (χ1n) is 12.9. The lowest BCUT2D eigenvalue weighted by molar-refractivity contribution is -0.361. The summed E-state index contributed by atoms with van der Waals surface area (Å²) in [6.45, 7) is 0.720. The fourth-order valence-electron chi connectivity index (χ4n) is 4.93. The SMILES string of the molecule is C[C@@H]1O[C@@H](O[C@H]2[C@H](OC3=Cc4c(O)cc(O)cc4OC3c3ccc(O)cc3)O[C@@H](CO)[C@@H](O)[C@@H]2O)[C@@H](O)[C@H](O)[C@H]1O. The van der Waals surface area contributed by atoms with E-state index in [1.165, 1.54) is 43.3 Å². The summed E-state index contributed by atoms with van der Waals surface area (Å²) in [4.78, 5) is 0. The van der Waals surface area contributed by atoms with Crippen LogP contribution in [0.15, 0.2) is 42.2 Å². The molecule has 3 aliphatic rings. The average Bonchev–Trinajstić information content (AvgIpc) is 2.94. The number of phenols is 3. The van der Waals surface area contributed by atoms with Crippen LogP contribution in [-0.2, 0) is 18.9 Å². The van der Waals surface area contributed by atoms with Crippen molar-refractivity contribution >= 4 is 6.08 Å². The van der Waals surface area contributed by atoms with Gasteiger partial charge in [-0.1, -0.05) is 12.1 Å². The molecular formula is C27H32O14. The Balaban J connectivity index is 1.50. The molecule has 224 valence electrons. The van der Waals surface area contributed by atoms with E-state index in [9.17, 15) is 46.0 Å². The quantitative estimate of drug-likeness (QED) is 0.199. The predicted molar refractivity (Wildman–Crippen MR) is 135 cm³/mol. The minimum absolute atomic E-state index is 0.00278. The molecule has 0 saturated carbocycles. The van der Waals surface area contributed by atoms with Crippen LogP contribution in [0, 0.1) is 0 Å². The van der Waals surface area contributed by atoms with Crippen LogP contribution < -0.4 is 4.74 Å². The summed E-state index contributed by atoms with van der Waals surface area (Å²) in [5.74, 6) is -0.521. The van der Waals surface area contributed by atoms with Gasteiger partial charge in [-0.2, -0.15) is 0 Å². The molecule has 0 amide bonds. The van der Waals surface area contributed by atoms with Gasteiger partial charge in [-0.3, -0.25) is 0 Å². The number of fused-ring (bicyclic) bond motifs is 1. The third-order valence-electron chi connectivity index (χ3n) is 7.27. The van der Waals surface area contributed by atoms with E-state index in [0.29, 0.717) is 5.56 Å². The molecule has 3 aliphatic heterocycles. The Bertz CT molecular complexity index is 1250. The molecule has 0 radical (unpaired) electrons. The van der Waals surface area contributed by atoms with Crippen molar-refractivity contribution in [2.75, 3.05) is 6.61 Å². The van der Waals surface area contributed by atoms with E-state index in [0.717, 1.165) is 6.07 Å². The van der Waals surface area contributed by atoms with E-state index in [-0.39, 0.29) is 34.3 Å². The van der Waals surface area contributed by atoms with Gasteiger partial charge in [0.1, 0.15) is 65.4 Å². The van der Waals surface area contributed by atoms with E-state index in [1.54, 1.807) is 0 Å². The van der Waals surface area contributed by atoms with Crippen LogP contribution in [0.5, 0.6) is 23.0 Å². The lowest BCUT2D eigenvalue weighted by atomic mass is 9.97.